The molecule has 1 aromatic rings. The number of nitrogens with one attached hydrogen (secondary N) is 2. The van der Waals surface area contributed by atoms with Crippen LogP contribution in [0.1, 0.15) is 32.9 Å². The summed E-state index contributed by atoms with van der Waals surface area (Å²) in [5.41, 5.74) is 1.84. The van der Waals surface area contributed by atoms with E-state index in [9.17, 15) is 4.79 Å². The van der Waals surface area contributed by atoms with Gasteiger partial charge in [-0.25, -0.2) is 9.97 Å². The van der Waals surface area contributed by atoms with E-state index < -0.39 is 0 Å². The average Bonchev–Trinajstić information content (AvgIpc) is 2.32. The summed E-state index contributed by atoms with van der Waals surface area (Å²) in [6.07, 6.45) is 3.41. The van der Waals surface area contributed by atoms with Gasteiger partial charge in [0.25, 0.3) is 0 Å². The van der Waals surface area contributed by atoms with Crippen LogP contribution < -0.4 is 10.6 Å². The predicted molar refractivity (Wildman–Crippen MR) is 64.5 cm³/mol. The summed E-state index contributed by atoms with van der Waals surface area (Å²) in [4.78, 5) is 19.2. The molecule has 0 unspecified atom stereocenters. The lowest BCUT2D eigenvalue weighted by molar-refractivity contribution is -0.114. The fraction of sp³-hybridized carbons (Fsp3) is 0.545. The summed E-state index contributed by atoms with van der Waals surface area (Å²) in [6.45, 7) is 6.40. The Morgan fingerprint density at radius 3 is 2.81 bits per heavy atom. The molecule has 2 rings (SSSR count). The van der Waals surface area contributed by atoms with Crippen LogP contribution in [0.4, 0.5) is 11.5 Å². The Labute approximate surface area is 95.7 Å². The van der Waals surface area contributed by atoms with Crippen molar-refractivity contribution in [1.29, 1.82) is 0 Å². The molecule has 16 heavy (non-hydrogen) atoms. The molecule has 0 bridgehead atoms. The molecule has 0 fully saturated rings. The quantitative estimate of drug-likeness (QED) is 0.801. The largest absolute Gasteiger partial charge is 0.372 e. The van der Waals surface area contributed by atoms with Crippen LogP contribution in [0.2, 0.25) is 0 Å². The Kier molecular flexibility index (Phi) is 4.69. The maximum Gasteiger partial charge on any atom is 0.244 e. The molecule has 0 atom stereocenters. The highest BCUT2D eigenvalue weighted by atomic mass is 16.2. The zero-order chi connectivity index (χ0) is 12.0. The van der Waals surface area contributed by atoms with Crippen molar-refractivity contribution in [3.05, 3.63) is 12.0 Å². The first-order valence-electron chi connectivity index (χ1n) is 5.69. The molecule has 2 heterocycles. The Morgan fingerprint density at radius 1 is 1.38 bits per heavy atom. The van der Waals surface area contributed by atoms with E-state index in [2.05, 4.69) is 27.5 Å². The molecule has 2 N–H and O–H groups in total. The summed E-state index contributed by atoms with van der Waals surface area (Å²) < 4.78 is 0. The van der Waals surface area contributed by atoms with Crippen LogP contribution in [-0.4, -0.2) is 22.4 Å². The van der Waals surface area contributed by atoms with Crippen molar-refractivity contribution in [2.45, 2.75) is 33.6 Å². The molecular weight excluding hydrogens is 204 g/mol. The van der Waals surface area contributed by atoms with Gasteiger partial charge in [-0.3, -0.25) is 4.79 Å². The molecule has 1 aliphatic rings. The first kappa shape index (κ1) is 12.4. The Morgan fingerprint density at radius 2 is 2.12 bits per heavy atom. The van der Waals surface area contributed by atoms with Crippen molar-refractivity contribution in [1.82, 2.24) is 9.97 Å². The van der Waals surface area contributed by atoms with Crippen molar-refractivity contribution in [2.24, 2.45) is 0 Å². The van der Waals surface area contributed by atoms with Gasteiger partial charge in [0.2, 0.25) is 5.91 Å². The molecule has 0 saturated heterocycles. The van der Waals surface area contributed by atoms with Gasteiger partial charge in [0.1, 0.15) is 6.33 Å². The SMILES string of the molecule is CC.CCCc1ncnc2c1NCC(=O)N2. The topological polar surface area (TPSA) is 66.9 Å². The van der Waals surface area contributed by atoms with Gasteiger partial charge in [-0.2, -0.15) is 0 Å². The Bertz CT molecular complexity index is 365. The average molecular weight is 222 g/mol. The van der Waals surface area contributed by atoms with Gasteiger partial charge < -0.3 is 10.6 Å². The number of rotatable bonds is 2. The fourth-order valence-corrected chi connectivity index (χ4v) is 1.47. The zero-order valence-electron chi connectivity index (χ0n) is 10.0. The number of amides is 1. The lowest BCUT2D eigenvalue weighted by Crippen LogP contribution is -2.29. The smallest absolute Gasteiger partial charge is 0.244 e. The third-order valence-corrected chi connectivity index (χ3v) is 2.10. The maximum absolute atomic E-state index is 11.1. The minimum atomic E-state index is -0.0568. The lowest BCUT2D eigenvalue weighted by atomic mass is 10.2. The molecule has 88 valence electrons. The number of anilines is 2. The molecule has 1 amide bonds. The summed E-state index contributed by atoms with van der Waals surface area (Å²) in [5.74, 6) is 0.540. The van der Waals surface area contributed by atoms with Crippen molar-refractivity contribution >= 4 is 17.4 Å². The van der Waals surface area contributed by atoms with Crippen molar-refractivity contribution < 1.29 is 4.79 Å². The van der Waals surface area contributed by atoms with Gasteiger partial charge in [0.15, 0.2) is 5.82 Å². The third-order valence-electron chi connectivity index (χ3n) is 2.10. The highest BCUT2D eigenvalue weighted by molar-refractivity contribution is 5.99. The Balaban J connectivity index is 0.000000606. The maximum atomic E-state index is 11.1. The molecule has 0 saturated carbocycles. The molecular formula is C11H18N4O. The van der Waals surface area contributed by atoms with Crippen LogP contribution in [0.3, 0.4) is 0 Å². The zero-order valence-corrected chi connectivity index (χ0v) is 10.0. The molecule has 5 nitrogen and oxygen atoms in total. The molecule has 1 aromatic heterocycles. The number of aryl methyl sites for hydroxylation is 1. The van der Waals surface area contributed by atoms with Crippen LogP contribution in [0.5, 0.6) is 0 Å². The van der Waals surface area contributed by atoms with Crippen molar-refractivity contribution in [3.8, 4) is 0 Å². The van der Waals surface area contributed by atoms with Gasteiger partial charge >= 0.3 is 0 Å². The second-order valence-electron chi connectivity index (χ2n) is 3.20. The predicted octanol–water partition coefficient (Wildman–Crippen LogP) is 1.82. The number of carbonyl (C=O) groups excluding carboxylic acids is 1. The summed E-state index contributed by atoms with van der Waals surface area (Å²) in [6, 6.07) is 0. The van der Waals surface area contributed by atoms with E-state index in [0.29, 0.717) is 12.4 Å². The van der Waals surface area contributed by atoms with Crippen LogP contribution in [0.25, 0.3) is 0 Å². The Hall–Kier alpha value is -1.65. The van der Waals surface area contributed by atoms with Crippen molar-refractivity contribution in [3.63, 3.8) is 0 Å². The van der Waals surface area contributed by atoms with E-state index >= 15 is 0 Å². The first-order chi connectivity index (χ1) is 7.81. The van der Waals surface area contributed by atoms with E-state index in [4.69, 9.17) is 0 Å². The second kappa shape index (κ2) is 6.05. The van der Waals surface area contributed by atoms with Gasteiger partial charge in [0, 0.05) is 0 Å². The number of carbonyl (C=O) groups is 1. The molecule has 0 spiro atoms. The van der Waals surface area contributed by atoms with E-state index in [1.807, 2.05) is 13.8 Å². The van der Waals surface area contributed by atoms with Gasteiger partial charge in [0.05, 0.1) is 17.9 Å². The van der Waals surface area contributed by atoms with E-state index in [1.54, 1.807) is 0 Å². The number of hydrogen-bond donors (Lipinski definition) is 2. The third kappa shape index (κ3) is 2.68. The number of nitrogens with zero attached hydrogens (tertiary/aromatic N) is 2. The summed E-state index contributed by atoms with van der Waals surface area (Å²) in [5, 5.41) is 5.73. The molecule has 0 aliphatic carbocycles. The highest BCUT2D eigenvalue weighted by Crippen LogP contribution is 2.25. The molecule has 0 radical (unpaired) electrons. The van der Waals surface area contributed by atoms with E-state index in [-0.39, 0.29) is 5.91 Å². The van der Waals surface area contributed by atoms with Gasteiger partial charge in [-0.1, -0.05) is 27.2 Å². The molecule has 1 aliphatic heterocycles. The number of fused-ring (bicyclic) bond motifs is 1. The monoisotopic (exact) mass is 222 g/mol. The van der Waals surface area contributed by atoms with E-state index in [0.717, 1.165) is 24.2 Å². The normalized spacial score (nSPS) is 12.8. The number of aromatic nitrogens is 2. The lowest BCUT2D eigenvalue weighted by Gasteiger charge is -2.19. The van der Waals surface area contributed by atoms with E-state index in [1.165, 1.54) is 6.33 Å². The van der Waals surface area contributed by atoms with Crippen LogP contribution >= 0.6 is 0 Å². The minimum Gasteiger partial charge on any atom is -0.372 e. The molecule has 0 aromatic carbocycles. The van der Waals surface area contributed by atoms with Crippen LogP contribution in [0, 0.1) is 0 Å². The van der Waals surface area contributed by atoms with Gasteiger partial charge in [-0.05, 0) is 6.42 Å². The fourth-order valence-electron chi connectivity index (χ4n) is 1.47. The van der Waals surface area contributed by atoms with Crippen LogP contribution in [0.15, 0.2) is 6.33 Å². The molecule has 5 heteroatoms. The number of hydrogen-bond acceptors (Lipinski definition) is 4. The summed E-state index contributed by atoms with van der Waals surface area (Å²) >= 11 is 0. The second-order valence-corrected chi connectivity index (χ2v) is 3.20. The summed E-state index contributed by atoms with van der Waals surface area (Å²) in [7, 11) is 0. The van der Waals surface area contributed by atoms with Crippen molar-refractivity contribution in [2.75, 3.05) is 17.2 Å². The first-order valence-corrected chi connectivity index (χ1v) is 5.69. The van der Waals surface area contributed by atoms with Gasteiger partial charge in [-0.15, -0.1) is 0 Å². The standard InChI is InChI=1S/C9H12N4O.C2H6/c1-2-3-6-8-9(12-5-11-6)13-7(14)4-10-8;1-2/h5,10H,2-4H2,1H3,(H,11,12,13,14);1-2H3. The van der Waals surface area contributed by atoms with Crippen LogP contribution in [-0.2, 0) is 11.2 Å². The minimum absolute atomic E-state index is 0.0568. The highest BCUT2D eigenvalue weighted by Gasteiger charge is 2.18.